The van der Waals surface area contributed by atoms with Crippen LogP contribution in [-0.4, -0.2) is 17.6 Å². The lowest BCUT2D eigenvalue weighted by molar-refractivity contribution is -0.112. The molecule has 0 spiro atoms. The SMILES string of the molecule is Cc1cc(O)ccc1NC(=O)/C(C#N)=C\NCCc1ccc(F)cc1. The number of nitriles is 1. The van der Waals surface area contributed by atoms with E-state index in [1.807, 2.05) is 6.07 Å². The van der Waals surface area contributed by atoms with Crippen molar-refractivity contribution in [2.24, 2.45) is 0 Å². The summed E-state index contributed by atoms with van der Waals surface area (Å²) in [5, 5.41) is 24.0. The van der Waals surface area contributed by atoms with Crippen LogP contribution in [0.3, 0.4) is 0 Å². The molecule has 0 aliphatic rings. The topological polar surface area (TPSA) is 85.2 Å². The van der Waals surface area contributed by atoms with Crippen LogP contribution in [0, 0.1) is 24.1 Å². The second-order valence-corrected chi connectivity index (χ2v) is 5.45. The number of nitrogens with one attached hydrogen (secondary N) is 2. The van der Waals surface area contributed by atoms with Gasteiger partial charge in [0.1, 0.15) is 23.2 Å². The van der Waals surface area contributed by atoms with Gasteiger partial charge in [0.2, 0.25) is 0 Å². The van der Waals surface area contributed by atoms with Crippen LogP contribution in [0.25, 0.3) is 0 Å². The Labute approximate surface area is 145 Å². The van der Waals surface area contributed by atoms with Crippen molar-refractivity contribution in [3.05, 3.63) is 71.2 Å². The highest BCUT2D eigenvalue weighted by molar-refractivity contribution is 6.06. The van der Waals surface area contributed by atoms with E-state index in [0.717, 1.165) is 5.56 Å². The number of aryl methyl sites for hydroxylation is 1. The molecule has 0 atom stereocenters. The van der Waals surface area contributed by atoms with Gasteiger partial charge in [-0.15, -0.1) is 0 Å². The molecule has 0 heterocycles. The van der Waals surface area contributed by atoms with Crippen LogP contribution in [0.4, 0.5) is 10.1 Å². The maximum atomic E-state index is 12.8. The zero-order valence-electron chi connectivity index (χ0n) is 13.7. The van der Waals surface area contributed by atoms with Gasteiger partial charge in [-0.25, -0.2) is 4.39 Å². The summed E-state index contributed by atoms with van der Waals surface area (Å²) in [6, 6.07) is 12.5. The minimum absolute atomic E-state index is 0.0634. The molecule has 0 aromatic heterocycles. The molecule has 0 unspecified atom stereocenters. The van der Waals surface area contributed by atoms with Crippen LogP contribution in [0.1, 0.15) is 11.1 Å². The fraction of sp³-hybridized carbons (Fsp3) is 0.158. The van der Waals surface area contributed by atoms with Gasteiger partial charge in [-0.3, -0.25) is 4.79 Å². The van der Waals surface area contributed by atoms with Crippen molar-refractivity contribution < 1.29 is 14.3 Å². The number of nitrogens with zero attached hydrogens (tertiary/aromatic N) is 1. The van der Waals surface area contributed by atoms with E-state index in [1.165, 1.54) is 30.5 Å². The summed E-state index contributed by atoms with van der Waals surface area (Å²) in [5.74, 6) is -0.718. The normalized spacial score (nSPS) is 10.8. The zero-order chi connectivity index (χ0) is 18.2. The Kier molecular flexibility index (Phi) is 6.13. The number of anilines is 1. The highest BCUT2D eigenvalue weighted by atomic mass is 19.1. The third kappa shape index (κ3) is 5.36. The third-order valence-corrected chi connectivity index (χ3v) is 3.54. The second-order valence-electron chi connectivity index (χ2n) is 5.45. The number of amides is 1. The fourth-order valence-corrected chi connectivity index (χ4v) is 2.17. The maximum absolute atomic E-state index is 12.8. The van der Waals surface area contributed by atoms with Crippen LogP contribution in [0.15, 0.2) is 54.2 Å². The van der Waals surface area contributed by atoms with Crippen LogP contribution in [-0.2, 0) is 11.2 Å². The molecule has 0 aliphatic carbocycles. The first-order chi connectivity index (χ1) is 12.0. The van der Waals surface area contributed by atoms with E-state index >= 15 is 0 Å². The van der Waals surface area contributed by atoms with E-state index in [4.69, 9.17) is 5.26 Å². The van der Waals surface area contributed by atoms with Gasteiger partial charge in [0.15, 0.2) is 0 Å². The van der Waals surface area contributed by atoms with Gasteiger partial charge in [0, 0.05) is 18.4 Å². The number of halogens is 1. The molecule has 2 rings (SSSR count). The Balaban J connectivity index is 1.91. The van der Waals surface area contributed by atoms with Gasteiger partial charge in [-0.2, -0.15) is 5.26 Å². The molecular formula is C19H18FN3O2. The average molecular weight is 339 g/mol. The van der Waals surface area contributed by atoms with E-state index in [2.05, 4.69) is 10.6 Å². The van der Waals surface area contributed by atoms with Crippen LogP contribution in [0.2, 0.25) is 0 Å². The molecule has 25 heavy (non-hydrogen) atoms. The quantitative estimate of drug-likeness (QED) is 0.327. The number of phenols is 1. The molecule has 3 N–H and O–H groups in total. The molecule has 2 aromatic rings. The highest BCUT2D eigenvalue weighted by Gasteiger charge is 2.10. The van der Waals surface area contributed by atoms with Crippen molar-refractivity contribution in [1.29, 1.82) is 5.26 Å². The molecule has 1 amide bonds. The van der Waals surface area contributed by atoms with Crippen LogP contribution < -0.4 is 10.6 Å². The molecule has 0 bridgehead atoms. The average Bonchev–Trinajstić information content (AvgIpc) is 2.59. The summed E-state index contributed by atoms with van der Waals surface area (Å²) in [5.41, 5.74) is 2.10. The lowest BCUT2D eigenvalue weighted by atomic mass is 10.1. The van der Waals surface area contributed by atoms with Gasteiger partial charge >= 0.3 is 0 Å². The summed E-state index contributed by atoms with van der Waals surface area (Å²) >= 11 is 0. The lowest BCUT2D eigenvalue weighted by Gasteiger charge is -2.08. The zero-order valence-corrected chi connectivity index (χ0v) is 13.7. The first-order valence-corrected chi connectivity index (χ1v) is 7.68. The first kappa shape index (κ1) is 18.0. The molecule has 0 saturated heterocycles. The summed E-state index contributed by atoms with van der Waals surface area (Å²) in [4.78, 5) is 12.1. The molecule has 0 radical (unpaired) electrons. The van der Waals surface area contributed by atoms with Gasteiger partial charge in [0.25, 0.3) is 5.91 Å². The number of rotatable bonds is 6. The number of carbonyl (C=O) groups excluding carboxylic acids is 1. The predicted molar refractivity (Wildman–Crippen MR) is 93.3 cm³/mol. The minimum atomic E-state index is -0.537. The smallest absolute Gasteiger partial charge is 0.267 e. The summed E-state index contributed by atoms with van der Waals surface area (Å²) < 4.78 is 12.8. The Hall–Kier alpha value is -3.33. The number of hydrogen-bond acceptors (Lipinski definition) is 4. The van der Waals surface area contributed by atoms with Crippen molar-refractivity contribution in [2.75, 3.05) is 11.9 Å². The Bertz CT molecular complexity index is 824. The van der Waals surface area contributed by atoms with Gasteiger partial charge < -0.3 is 15.7 Å². The van der Waals surface area contributed by atoms with E-state index in [1.54, 1.807) is 25.1 Å². The molecule has 2 aromatic carbocycles. The molecule has 0 fully saturated rings. The van der Waals surface area contributed by atoms with E-state index in [9.17, 15) is 14.3 Å². The first-order valence-electron chi connectivity index (χ1n) is 7.68. The van der Waals surface area contributed by atoms with Crippen molar-refractivity contribution in [2.45, 2.75) is 13.3 Å². The largest absolute Gasteiger partial charge is 0.508 e. The lowest BCUT2D eigenvalue weighted by Crippen LogP contribution is -2.18. The number of carbonyl (C=O) groups is 1. The molecule has 6 heteroatoms. The predicted octanol–water partition coefficient (Wildman–Crippen LogP) is 3.02. The van der Waals surface area contributed by atoms with Crippen molar-refractivity contribution in [1.82, 2.24) is 5.32 Å². The Morgan fingerprint density at radius 3 is 2.64 bits per heavy atom. The van der Waals surface area contributed by atoms with Crippen molar-refractivity contribution in [3.63, 3.8) is 0 Å². The van der Waals surface area contributed by atoms with Gasteiger partial charge in [-0.05, 0) is 54.8 Å². The molecule has 128 valence electrons. The van der Waals surface area contributed by atoms with Crippen LogP contribution in [0.5, 0.6) is 5.75 Å². The number of phenolic OH excluding ortho intramolecular Hbond substituents is 1. The highest BCUT2D eigenvalue weighted by Crippen LogP contribution is 2.20. The standard InChI is InChI=1S/C19H18FN3O2/c1-13-10-17(24)6-7-18(13)23-19(25)15(11-21)12-22-9-8-14-2-4-16(20)5-3-14/h2-7,10,12,22,24H,8-9H2,1H3,(H,23,25)/b15-12-. The Morgan fingerprint density at radius 2 is 2.00 bits per heavy atom. The number of hydrogen-bond donors (Lipinski definition) is 3. The fourth-order valence-electron chi connectivity index (χ4n) is 2.17. The van der Waals surface area contributed by atoms with Gasteiger partial charge in [-0.1, -0.05) is 12.1 Å². The summed E-state index contributed by atoms with van der Waals surface area (Å²) in [6.45, 7) is 2.24. The second kappa shape index (κ2) is 8.50. The monoisotopic (exact) mass is 339 g/mol. The summed E-state index contributed by atoms with van der Waals surface area (Å²) in [7, 11) is 0. The minimum Gasteiger partial charge on any atom is -0.508 e. The van der Waals surface area contributed by atoms with Crippen molar-refractivity contribution >= 4 is 11.6 Å². The van der Waals surface area contributed by atoms with Gasteiger partial charge in [0.05, 0.1) is 0 Å². The molecule has 5 nitrogen and oxygen atoms in total. The Morgan fingerprint density at radius 1 is 1.28 bits per heavy atom. The molecule has 0 saturated carbocycles. The van der Waals surface area contributed by atoms with Crippen molar-refractivity contribution in [3.8, 4) is 11.8 Å². The maximum Gasteiger partial charge on any atom is 0.267 e. The third-order valence-electron chi connectivity index (χ3n) is 3.54. The van der Waals surface area contributed by atoms with E-state index in [0.29, 0.717) is 24.2 Å². The molecular weight excluding hydrogens is 321 g/mol. The number of benzene rings is 2. The van der Waals surface area contributed by atoms with Crippen LogP contribution >= 0.6 is 0 Å². The molecule has 0 aliphatic heterocycles. The number of aromatic hydroxyl groups is 1. The van der Waals surface area contributed by atoms with E-state index < -0.39 is 5.91 Å². The van der Waals surface area contributed by atoms with E-state index in [-0.39, 0.29) is 17.1 Å². The summed E-state index contributed by atoms with van der Waals surface area (Å²) in [6.07, 6.45) is 1.99.